The van der Waals surface area contributed by atoms with Crippen LogP contribution in [-0.2, 0) is 9.59 Å². The maximum absolute atomic E-state index is 14.3. The Kier molecular flexibility index (Phi) is 9.23. The van der Waals surface area contributed by atoms with E-state index >= 15 is 0 Å². The number of ether oxygens (including phenoxy) is 1. The number of carboxylic acid groups (broad SMARTS) is 2. The van der Waals surface area contributed by atoms with E-state index in [-0.39, 0.29) is 28.3 Å². The molecule has 0 bridgehead atoms. The third kappa shape index (κ3) is 6.87. The molecule has 2 aromatic rings. The van der Waals surface area contributed by atoms with Crippen LogP contribution in [0.3, 0.4) is 0 Å². The number of benzene rings is 1. The van der Waals surface area contributed by atoms with Crippen LogP contribution in [0.15, 0.2) is 18.2 Å². The lowest BCUT2D eigenvalue weighted by Crippen LogP contribution is -2.66. The fourth-order valence-corrected chi connectivity index (χ4v) is 5.70. The second-order valence-electron chi connectivity index (χ2n) is 10.9. The predicted molar refractivity (Wildman–Crippen MR) is 145 cm³/mol. The molecule has 12 nitrogen and oxygen atoms in total. The Bertz CT molecular complexity index is 1190. The minimum atomic E-state index is -1.63. The number of nitrogens with one attached hydrogen (secondary N) is 2. The van der Waals surface area contributed by atoms with Gasteiger partial charge in [-0.1, -0.05) is 25.7 Å². The number of aromatic nitrogens is 3. The van der Waals surface area contributed by atoms with E-state index in [1.807, 2.05) is 11.9 Å². The summed E-state index contributed by atoms with van der Waals surface area (Å²) in [5.41, 5.74) is 0.450. The lowest BCUT2D eigenvalue weighted by atomic mass is 9.99. The van der Waals surface area contributed by atoms with Crippen molar-refractivity contribution in [3.05, 3.63) is 24.0 Å². The maximum atomic E-state index is 14.3. The zero-order valence-electron chi connectivity index (χ0n) is 23.2. The van der Waals surface area contributed by atoms with E-state index in [0.29, 0.717) is 43.5 Å². The third-order valence-corrected chi connectivity index (χ3v) is 8.11. The van der Waals surface area contributed by atoms with Crippen LogP contribution in [-0.4, -0.2) is 88.9 Å². The fraction of sp³-hybridized carbons (Fsp3) is 0.593. The topological polar surface area (TPSA) is 153 Å². The van der Waals surface area contributed by atoms with Crippen LogP contribution >= 0.6 is 0 Å². The molecule has 2 aliphatic rings. The van der Waals surface area contributed by atoms with Gasteiger partial charge in [-0.05, 0) is 25.0 Å². The number of likely N-dealkylation sites (tertiary alicyclic amines) is 1. The van der Waals surface area contributed by atoms with Crippen LogP contribution in [0.1, 0.15) is 51.4 Å². The van der Waals surface area contributed by atoms with E-state index in [4.69, 9.17) is 9.72 Å². The maximum Gasteiger partial charge on any atom is 0.368 e. The van der Waals surface area contributed by atoms with E-state index in [1.54, 1.807) is 13.1 Å². The van der Waals surface area contributed by atoms with Gasteiger partial charge in [0.05, 0.1) is 27.2 Å². The minimum Gasteiger partial charge on any atom is -0.543 e. The van der Waals surface area contributed by atoms with Gasteiger partial charge in [-0.3, -0.25) is 0 Å². The molecular weight excluding hydrogens is 521 g/mol. The Morgan fingerprint density at radius 3 is 2.33 bits per heavy atom. The quantitative estimate of drug-likeness (QED) is 0.223. The van der Waals surface area contributed by atoms with E-state index < -0.39 is 23.8 Å². The third-order valence-electron chi connectivity index (χ3n) is 8.11. The average Bonchev–Trinajstić information content (AvgIpc) is 3.17. The number of hydrogen-bond acceptors (Lipinski definition) is 10. The molecule has 1 aliphatic carbocycles. The van der Waals surface area contributed by atoms with Crippen LogP contribution in [0.2, 0.25) is 0 Å². The van der Waals surface area contributed by atoms with Gasteiger partial charge >= 0.3 is 5.97 Å². The van der Waals surface area contributed by atoms with Crippen molar-refractivity contribution in [3.8, 4) is 5.75 Å². The van der Waals surface area contributed by atoms with Crippen molar-refractivity contribution in [1.82, 2.24) is 15.0 Å². The van der Waals surface area contributed by atoms with Crippen molar-refractivity contribution >= 4 is 35.5 Å². The number of anilines is 4. The normalized spacial score (nSPS) is 22.6. The Morgan fingerprint density at radius 1 is 1.10 bits per heavy atom. The van der Waals surface area contributed by atoms with E-state index in [1.165, 1.54) is 32.1 Å². The molecule has 0 amide bonds. The summed E-state index contributed by atoms with van der Waals surface area (Å²) in [5.74, 6) is -2.31. The highest BCUT2D eigenvalue weighted by atomic mass is 19.1. The Morgan fingerprint density at radius 2 is 1.75 bits per heavy atom. The van der Waals surface area contributed by atoms with Gasteiger partial charge in [0.25, 0.3) is 0 Å². The van der Waals surface area contributed by atoms with E-state index in [2.05, 4.69) is 20.6 Å². The Hall–Kier alpha value is -3.74. The highest BCUT2D eigenvalue weighted by molar-refractivity contribution is 5.94. The molecule has 40 heavy (non-hydrogen) atoms. The molecule has 1 saturated carbocycles. The first-order valence-electron chi connectivity index (χ1n) is 13.7. The van der Waals surface area contributed by atoms with Crippen LogP contribution in [0.25, 0.3) is 0 Å². The molecule has 218 valence electrons. The number of carbonyl (C=O) groups is 2. The van der Waals surface area contributed by atoms with Gasteiger partial charge in [-0.2, -0.15) is 15.0 Å². The summed E-state index contributed by atoms with van der Waals surface area (Å²) in [6.45, 7) is 0.683. The standard InChI is InChI=1S/C27H38FN7O5/c1-34(19-12-14-35(2,15-13-19)22(23(36)37)24(38)39)27-32-25(29-17-8-6-4-5-7-9-17)31-26(33-27)30-18-10-11-21(40-3)20(28)16-18/h10-11,16-17,19,22H,4-9,12-15H2,1-3H3,(H3-,29,30,31,32,33,36,37,38,39). The molecule has 2 heterocycles. The molecule has 1 aromatic heterocycles. The van der Waals surface area contributed by atoms with Gasteiger partial charge in [-0.25, -0.2) is 9.18 Å². The lowest BCUT2D eigenvalue weighted by Gasteiger charge is -2.45. The molecule has 1 unspecified atom stereocenters. The number of hydrogen-bond donors (Lipinski definition) is 3. The summed E-state index contributed by atoms with van der Waals surface area (Å²) in [4.78, 5) is 39.0. The molecule has 2 fully saturated rings. The summed E-state index contributed by atoms with van der Waals surface area (Å²) in [7, 11) is 4.89. The fourth-order valence-electron chi connectivity index (χ4n) is 5.70. The number of carboxylic acids is 2. The molecule has 0 spiro atoms. The first kappa shape index (κ1) is 29.2. The van der Waals surface area contributed by atoms with Crippen LogP contribution in [0.4, 0.5) is 27.9 Å². The van der Waals surface area contributed by atoms with Crippen molar-refractivity contribution in [2.45, 2.75) is 69.5 Å². The summed E-state index contributed by atoms with van der Waals surface area (Å²) < 4.78 is 19.2. The Labute approximate surface area is 233 Å². The van der Waals surface area contributed by atoms with Crippen molar-refractivity contribution in [1.29, 1.82) is 0 Å². The molecular formula is C27H38FN7O5. The molecule has 4 rings (SSSR count). The Balaban J connectivity index is 1.56. The van der Waals surface area contributed by atoms with Gasteiger partial charge < -0.3 is 39.8 Å². The predicted octanol–water partition coefficient (Wildman–Crippen LogP) is 2.15. The summed E-state index contributed by atoms with van der Waals surface area (Å²) in [5, 5.41) is 27.6. The zero-order chi connectivity index (χ0) is 28.9. The van der Waals surface area contributed by atoms with Crippen molar-refractivity contribution in [2.75, 3.05) is 49.8 Å². The molecule has 13 heteroatoms. The number of rotatable bonds is 10. The first-order chi connectivity index (χ1) is 19.1. The van der Waals surface area contributed by atoms with Gasteiger partial charge in [0, 0.05) is 43.7 Å². The number of nitrogens with zero attached hydrogens (tertiary/aromatic N) is 5. The van der Waals surface area contributed by atoms with Crippen LogP contribution in [0.5, 0.6) is 5.75 Å². The number of carbonyl (C=O) groups excluding carboxylic acids is 1. The molecule has 1 aromatic carbocycles. The second-order valence-corrected chi connectivity index (χ2v) is 10.9. The van der Waals surface area contributed by atoms with E-state index in [9.17, 15) is 24.2 Å². The van der Waals surface area contributed by atoms with Crippen molar-refractivity contribution in [2.24, 2.45) is 0 Å². The van der Waals surface area contributed by atoms with Crippen molar-refractivity contribution in [3.63, 3.8) is 0 Å². The van der Waals surface area contributed by atoms with Gasteiger partial charge in [-0.15, -0.1) is 0 Å². The average molecular weight is 560 g/mol. The molecule has 1 saturated heterocycles. The number of quaternary nitrogens is 1. The summed E-state index contributed by atoms with van der Waals surface area (Å²) >= 11 is 0. The van der Waals surface area contributed by atoms with E-state index in [0.717, 1.165) is 25.7 Å². The number of methoxy groups -OCH3 is 1. The number of aliphatic carboxylic acids is 2. The van der Waals surface area contributed by atoms with Gasteiger partial charge in [0.15, 0.2) is 11.6 Å². The molecule has 0 radical (unpaired) electrons. The largest absolute Gasteiger partial charge is 0.543 e. The lowest BCUT2D eigenvalue weighted by molar-refractivity contribution is -0.923. The monoisotopic (exact) mass is 559 g/mol. The van der Waals surface area contributed by atoms with Gasteiger partial charge in [0.1, 0.15) is 5.97 Å². The highest BCUT2D eigenvalue weighted by Gasteiger charge is 2.43. The number of piperidine rings is 1. The zero-order valence-corrected chi connectivity index (χ0v) is 23.2. The number of likely N-dealkylation sites (N-methyl/N-ethyl adjacent to an activating group) is 1. The van der Waals surface area contributed by atoms with Crippen LogP contribution < -0.4 is 25.4 Å². The molecule has 1 aliphatic heterocycles. The summed E-state index contributed by atoms with van der Waals surface area (Å²) in [6, 6.07) is 3.05. The summed E-state index contributed by atoms with van der Waals surface area (Å²) in [6.07, 6.45) is 7.79. The smallest absolute Gasteiger partial charge is 0.368 e. The molecule has 1 atom stereocenters. The van der Waals surface area contributed by atoms with Gasteiger partial charge in [0.2, 0.25) is 23.9 Å². The number of halogens is 1. The second kappa shape index (κ2) is 12.6. The van der Waals surface area contributed by atoms with Crippen molar-refractivity contribution < 1.29 is 33.4 Å². The SMILES string of the molecule is COc1ccc(Nc2nc(NC3CCCCCC3)nc(N(C)C3CC[N+](C)(C(C(=O)[O-])C(=O)O)CC3)n2)cc1F. The highest BCUT2D eigenvalue weighted by Crippen LogP contribution is 2.28. The molecule has 3 N–H and O–H groups in total. The first-order valence-corrected chi connectivity index (χ1v) is 13.7. The minimum absolute atomic E-state index is 0.0539. The van der Waals surface area contributed by atoms with Crippen LogP contribution in [0, 0.1) is 5.82 Å².